The maximum atomic E-state index is 11.9. The molecule has 3 nitrogen and oxygen atoms in total. The van der Waals surface area contributed by atoms with Crippen LogP contribution >= 0.6 is 15.9 Å². The first kappa shape index (κ1) is 11.1. The van der Waals surface area contributed by atoms with Crippen LogP contribution in [0.1, 0.15) is 15.9 Å². The van der Waals surface area contributed by atoms with Crippen LogP contribution in [-0.2, 0) is 13.5 Å². The summed E-state index contributed by atoms with van der Waals surface area (Å²) in [7, 11) is 1.80. The average molecular weight is 279 g/mol. The van der Waals surface area contributed by atoms with Crippen LogP contribution in [0.5, 0.6) is 0 Å². The Kier molecular flexibility index (Phi) is 3.19. The molecule has 0 saturated carbocycles. The highest BCUT2D eigenvalue weighted by Crippen LogP contribution is 2.17. The molecule has 0 spiro atoms. The maximum Gasteiger partial charge on any atom is 0.170 e. The molecule has 0 atom stereocenters. The van der Waals surface area contributed by atoms with E-state index >= 15 is 0 Å². The van der Waals surface area contributed by atoms with E-state index in [1.807, 2.05) is 24.3 Å². The van der Waals surface area contributed by atoms with Gasteiger partial charge in [0.05, 0.1) is 11.8 Å². The number of carbonyl (C=O) groups is 1. The molecule has 0 amide bonds. The normalized spacial score (nSPS) is 10.4. The minimum absolute atomic E-state index is 0.0833. The molecule has 82 valence electrons. The summed E-state index contributed by atoms with van der Waals surface area (Å²) in [5.41, 5.74) is 1.65. The summed E-state index contributed by atoms with van der Waals surface area (Å²) in [6.45, 7) is 0. The topological polar surface area (TPSA) is 34.9 Å². The summed E-state index contributed by atoms with van der Waals surface area (Å²) < 4.78 is 2.60. The number of halogens is 1. The Balaban J connectivity index is 2.17. The van der Waals surface area contributed by atoms with E-state index in [2.05, 4.69) is 21.0 Å². The van der Waals surface area contributed by atoms with Gasteiger partial charge < -0.3 is 0 Å². The van der Waals surface area contributed by atoms with Crippen molar-refractivity contribution in [3.8, 4) is 0 Å². The Labute approximate surface area is 102 Å². The second-order valence-corrected chi connectivity index (χ2v) is 4.45. The molecular weight excluding hydrogens is 268 g/mol. The summed E-state index contributed by atoms with van der Waals surface area (Å²) >= 11 is 3.43. The maximum absolute atomic E-state index is 11.9. The van der Waals surface area contributed by atoms with Crippen LogP contribution < -0.4 is 0 Å². The largest absolute Gasteiger partial charge is 0.294 e. The number of Topliss-reactive ketones (excluding diaryl/α,β-unsaturated/α-hetero) is 1. The molecule has 0 saturated heterocycles. The third kappa shape index (κ3) is 2.39. The lowest BCUT2D eigenvalue weighted by Crippen LogP contribution is -2.02. The van der Waals surface area contributed by atoms with Crippen LogP contribution in [0.3, 0.4) is 0 Å². The molecule has 1 aromatic carbocycles. The molecule has 0 fully saturated rings. The minimum atomic E-state index is 0.0833. The highest BCUT2D eigenvalue weighted by Gasteiger charge is 2.10. The molecule has 0 radical (unpaired) electrons. The molecule has 0 aliphatic carbocycles. The minimum Gasteiger partial charge on any atom is -0.294 e. The quantitative estimate of drug-likeness (QED) is 0.809. The van der Waals surface area contributed by atoms with E-state index in [1.54, 1.807) is 24.1 Å². The monoisotopic (exact) mass is 278 g/mol. The third-order valence-corrected chi connectivity index (χ3v) is 3.11. The first-order valence-corrected chi connectivity index (χ1v) is 5.71. The molecule has 0 bridgehead atoms. The fraction of sp³-hybridized carbons (Fsp3) is 0.167. The van der Waals surface area contributed by atoms with Gasteiger partial charge in [0.2, 0.25) is 0 Å². The number of aromatic nitrogens is 2. The van der Waals surface area contributed by atoms with E-state index in [0.29, 0.717) is 12.0 Å². The van der Waals surface area contributed by atoms with Gasteiger partial charge in [-0.25, -0.2) is 0 Å². The van der Waals surface area contributed by atoms with Gasteiger partial charge in [-0.2, -0.15) is 5.10 Å². The summed E-state index contributed by atoms with van der Waals surface area (Å²) in [5, 5.41) is 3.99. The Bertz CT molecular complexity index is 519. The van der Waals surface area contributed by atoms with E-state index in [-0.39, 0.29) is 5.78 Å². The Hall–Kier alpha value is -1.42. The molecule has 1 heterocycles. The molecule has 0 aliphatic rings. The Morgan fingerprint density at radius 1 is 1.44 bits per heavy atom. The number of carbonyl (C=O) groups excluding carboxylic acids is 1. The molecule has 2 aromatic rings. The number of benzene rings is 1. The van der Waals surface area contributed by atoms with E-state index in [0.717, 1.165) is 10.0 Å². The number of ketones is 1. The zero-order chi connectivity index (χ0) is 11.5. The number of hydrogen-bond donors (Lipinski definition) is 0. The van der Waals surface area contributed by atoms with E-state index in [9.17, 15) is 4.79 Å². The second kappa shape index (κ2) is 4.61. The predicted octanol–water partition coefficient (Wildman–Crippen LogP) is 2.61. The van der Waals surface area contributed by atoms with Crippen molar-refractivity contribution in [2.45, 2.75) is 6.42 Å². The van der Waals surface area contributed by atoms with Gasteiger partial charge in [0, 0.05) is 24.1 Å². The highest BCUT2D eigenvalue weighted by atomic mass is 79.9. The van der Waals surface area contributed by atoms with Gasteiger partial charge in [-0.1, -0.05) is 34.1 Å². The summed E-state index contributed by atoms with van der Waals surface area (Å²) in [6.07, 6.45) is 3.73. The lowest BCUT2D eigenvalue weighted by Gasteiger charge is -2.01. The summed E-state index contributed by atoms with van der Waals surface area (Å²) in [6, 6.07) is 7.74. The Morgan fingerprint density at radius 3 is 2.81 bits per heavy atom. The van der Waals surface area contributed by atoms with Crippen molar-refractivity contribution in [1.29, 1.82) is 0 Å². The molecule has 1 aromatic heterocycles. The third-order valence-electron chi connectivity index (χ3n) is 2.34. The van der Waals surface area contributed by atoms with E-state index < -0.39 is 0 Å². The molecule has 0 unspecified atom stereocenters. The number of aryl methyl sites for hydroxylation is 1. The van der Waals surface area contributed by atoms with Gasteiger partial charge >= 0.3 is 0 Å². The van der Waals surface area contributed by atoms with Crippen LogP contribution in [0.4, 0.5) is 0 Å². The number of nitrogens with zero attached hydrogens (tertiary/aromatic N) is 2. The van der Waals surface area contributed by atoms with E-state index in [4.69, 9.17) is 0 Å². The van der Waals surface area contributed by atoms with Crippen LogP contribution in [-0.4, -0.2) is 15.6 Å². The fourth-order valence-corrected chi connectivity index (χ4v) is 1.91. The molecule has 0 N–H and O–H groups in total. The zero-order valence-corrected chi connectivity index (χ0v) is 10.4. The molecule has 0 aliphatic heterocycles. The Morgan fingerprint density at radius 2 is 2.19 bits per heavy atom. The highest BCUT2D eigenvalue weighted by molar-refractivity contribution is 9.10. The summed E-state index contributed by atoms with van der Waals surface area (Å²) in [4.78, 5) is 11.9. The van der Waals surface area contributed by atoms with Crippen LogP contribution in [0.2, 0.25) is 0 Å². The van der Waals surface area contributed by atoms with Crippen LogP contribution in [0.15, 0.2) is 41.1 Å². The van der Waals surface area contributed by atoms with Crippen molar-refractivity contribution in [2.24, 2.45) is 7.05 Å². The molecule has 4 heteroatoms. The van der Waals surface area contributed by atoms with Gasteiger partial charge in [-0.05, 0) is 11.6 Å². The van der Waals surface area contributed by atoms with Gasteiger partial charge in [0.15, 0.2) is 5.78 Å². The van der Waals surface area contributed by atoms with Crippen molar-refractivity contribution in [3.63, 3.8) is 0 Å². The van der Waals surface area contributed by atoms with Crippen molar-refractivity contribution in [2.75, 3.05) is 0 Å². The predicted molar refractivity (Wildman–Crippen MR) is 65.4 cm³/mol. The van der Waals surface area contributed by atoms with Crippen molar-refractivity contribution < 1.29 is 4.79 Å². The van der Waals surface area contributed by atoms with Gasteiger partial charge in [0.25, 0.3) is 0 Å². The van der Waals surface area contributed by atoms with Gasteiger partial charge in [-0.3, -0.25) is 9.48 Å². The van der Waals surface area contributed by atoms with E-state index in [1.165, 1.54) is 0 Å². The second-order valence-electron chi connectivity index (χ2n) is 3.59. The standard InChI is InChI=1S/C12H11BrN2O/c1-15-8-10(7-14-15)12(16)6-9-4-2-3-5-11(9)13/h2-5,7-8H,6H2,1H3. The van der Waals surface area contributed by atoms with Gasteiger partial charge in [-0.15, -0.1) is 0 Å². The summed E-state index contributed by atoms with van der Waals surface area (Å²) in [5.74, 6) is 0.0833. The van der Waals surface area contributed by atoms with Gasteiger partial charge in [0.1, 0.15) is 0 Å². The molecular formula is C12H11BrN2O. The smallest absolute Gasteiger partial charge is 0.170 e. The van der Waals surface area contributed by atoms with Crippen molar-refractivity contribution >= 4 is 21.7 Å². The number of hydrogen-bond acceptors (Lipinski definition) is 2. The lowest BCUT2D eigenvalue weighted by molar-refractivity contribution is 0.0992. The average Bonchev–Trinajstić information content (AvgIpc) is 2.68. The van der Waals surface area contributed by atoms with Crippen LogP contribution in [0, 0.1) is 0 Å². The van der Waals surface area contributed by atoms with Crippen molar-refractivity contribution in [3.05, 3.63) is 52.3 Å². The first-order chi connectivity index (χ1) is 7.66. The SMILES string of the molecule is Cn1cc(C(=O)Cc2ccccc2Br)cn1. The van der Waals surface area contributed by atoms with Crippen LogP contribution in [0.25, 0.3) is 0 Å². The number of rotatable bonds is 3. The molecule has 16 heavy (non-hydrogen) atoms. The first-order valence-electron chi connectivity index (χ1n) is 4.92. The fourth-order valence-electron chi connectivity index (χ4n) is 1.48. The zero-order valence-electron chi connectivity index (χ0n) is 8.85. The van der Waals surface area contributed by atoms with Crippen molar-refractivity contribution in [1.82, 2.24) is 9.78 Å². The molecule has 2 rings (SSSR count). The lowest BCUT2D eigenvalue weighted by atomic mass is 10.1.